The molecule has 7 heteroatoms. The Kier molecular flexibility index (Phi) is 4.49. The summed E-state index contributed by atoms with van der Waals surface area (Å²) < 4.78 is 41.5. The summed E-state index contributed by atoms with van der Waals surface area (Å²) >= 11 is 1.41. The fourth-order valence-electron chi connectivity index (χ4n) is 2.86. The summed E-state index contributed by atoms with van der Waals surface area (Å²) in [6, 6.07) is -0.881. The minimum absolute atomic E-state index is 0.139. The number of thioether (sulfide) groups is 1. The number of alkyl halides is 3. The van der Waals surface area contributed by atoms with Gasteiger partial charge in [0.1, 0.15) is 6.04 Å². The predicted octanol–water partition coefficient (Wildman–Crippen LogP) is 3.48. The molecule has 1 unspecified atom stereocenters. The highest BCUT2D eigenvalue weighted by atomic mass is 32.2. The van der Waals surface area contributed by atoms with Gasteiger partial charge in [0.2, 0.25) is 0 Å². The molecule has 0 N–H and O–H groups in total. The van der Waals surface area contributed by atoms with Crippen molar-refractivity contribution in [2.45, 2.75) is 50.5 Å². The van der Waals surface area contributed by atoms with Gasteiger partial charge in [-0.1, -0.05) is 0 Å². The third-order valence-electron chi connectivity index (χ3n) is 4.32. The van der Waals surface area contributed by atoms with Crippen molar-refractivity contribution in [3.63, 3.8) is 0 Å². The van der Waals surface area contributed by atoms with Gasteiger partial charge in [-0.05, 0) is 38.0 Å². The van der Waals surface area contributed by atoms with Crippen LogP contribution >= 0.6 is 11.8 Å². The SMILES string of the molecule is FC(F)(F)C1CSCCCN1Cc1cnn(C2CCC2)c1. The molecular weight excluding hydrogens is 299 g/mol. The standard InChI is InChI=1S/C14H20F3N3S/c15-14(16,17)13-10-21-6-2-5-19(13)8-11-7-18-20(9-11)12-3-1-4-12/h7,9,12-13H,1-6,8,10H2. The van der Waals surface area contributed by atoms with Crippen LogP contribution in [0.1, 0.15) is 37.3 Å². The molecule has 1 saturated heterocycles. The first-order valence-corrected chi connectivity index (χ1v) is 8.61. The number of rotatable bonds is 3. The smallest absolute Gasteiger partial charge is 0.287 e. The zero-order valence-corrected chi connectivity index (χ0v) is 12.7. The van der Waals surface area contributed by atoms with E-state index in [-0.39, 0.29) is 5.75 Å². The number of halogens is 3. The molecule has 2 aliphatic rings. The van der Waals surface area contributed by atoms with E-state index in [1.807, 2.05) is 10.9 Å². The largest absolute Gasteiger partial charge is 0.404 e. The number of aromatic nitrogens is 2. The predicted molar refractivity (Wildman–Crippen MR) is 77.3 cm³/mol. The Labute approximate surface area is 126 Å². The second-order valence-corrected chi connectivity index (χ2v) is 7.02. The summed E-state index contributed by atoms with van der Waals surface area (Å²) in [6.07, 6.45) is 3.80. The topological polar surface area (TPSA) is 21.1 Å². The summed E-state index contributed by atoms with van der Waals surface area (Å²) in [5.74, 6) is 0.949. The lowest BCUT2D eigenvalue weighted by molar-refractivity contribution is -0.178. The summed E-state index contributed by atoms with van der Waals surface area (Å²) in [6.45, 7) is 0.850. The maximum Gasteiger partial charge on any atom is 0.404 e. The van der Waals surface area contributed by atoms with E-state index in [0.29, 0.717) is 19.1 Å². The van der Waals surface area contributed by atoms with Crippen LogP contribution in [0.2, 0.25) is 0 Å². The van der Waals surface area contributed by atoms with Gasteiger partial charge in [-0.3, -0.25) is 9.58 Å². The van der Waals surface area contributed by atoms with Crippen molar-refractivity contribution >= 4 is 11.8 Å². The summed E-state index contributed by atoms with van der Waals surface area (Å²) in [4.78, 5) is 1.57. The third kappa shape index (κ3) is 3.56. The molecule has 3 nitrogen and oxygen atoms in total. The molecule has 21 heavy (non-hydrogen) atoms. The highest BCUT2D eigenvalue weighted by molar-refractivity contribution is 7.99. The van der Waals surface area contributed by atoms with Crippen LogP contribution in [0, 0.1) is 0 Å². The minimum Gasteiger partial charge on any atom is -0.287 e. The van der Waals surface area contributed by atoms with Crippen LogP contribution in [-0.4, -0.2) is 44.9 Å². The number of hydrogen-bond acceptors (Lipinski definition) is 3. The van der Waals surface area contributed by atoms with Gasteiger partial charge in [0.15, 0.2) is 0 Å². The van der Waals surface area contributed by atoms with Crippen LogP contribution in [0.5, 0.6) is 0 Å². The molecule has 2 fully saturated rings. The van der Waals surface area contributed by atoms with Crippen LogP contribution in [0.4, 0.5) is 13.2 Å². The Balaban J connectivity index is 1.69. The van der Waals surface area contributed by atoms with Crippen LogP contribution in [0.25, 0.3) is 0 Å². The molecule has 0 aromatic carbocycles. The summed E-state index contributed by atoms with van der Waals surface area (Å²) in [5.41, 5.74) is 0.892. The van der Waals surface area contributed by atoms with Crippen LogP contribution < -0.4 is 0 Å². The molecule has 0 amide bonds. The van der Waals surface area contributed by atoms with E-state index in [1.54, 1.807) is 11.1 Å². The molecule has 0 spiro atoms. The maximum absolute atomic E-state index is 13.2. The van der Waals surface area contributed by atoms with Crippen molar-refractivity contribution in [1.82, 2.24) is 14.7 Å². The quantitative estimate of drug-likeness (QED) is 0.851. The molecule has 1 saturated carbocycles. The second-order valence-electron chi connectivity index (χ2n) is 5.87. The van der Waals surface area contributed by atoms with Gasteiger partial charge in [0, 0.05) is 24.1 Å². The average molecular weight is 319 g/mol. The molecule has 3 rings (SSSR count). The van der Waals surface area contributed by atoms with Gasteiger partial charge < -0.3 is 0 Å². The van der Waals surface area contributed by atoms with Crippen LogP contribution in [0.3, 0.4) is 0 Å². The van der Waals surface area contributed by atoms with Crippen molar-refractivity contribution in [3.8, 4) is 0 Å². The van der Waals surface area contributed by atoms with E-state index >= 15 is 0 Å². The maximum atomic E-state index is 13.2. The van der Waals surface area contributed by atoms with E-state index in [0.717, 1.165) is 30.6 Å². The molecule has 0 radical (unpaired) electrons. The first-order valence-electron chi connectivity index (χ1n) is 7.45. The monoisotopic (exact) mass is 319 g/mol. The molecule has 1 aromatic heterocycles. The van der Waals surface area contributed by atoms with Gasteiger partial charge in [-0.2, -0.15) is 30.0 Å². The summed E-state index contributed by atoms with van der Waals surface area (Å²) in [7, 11) is 0. The molecule has 2 heterocycles. The van der Waals surface area contributed by atoms with E-state index in [1.165, 1.54) is 18.2 Å². The number of hydrogen-bond donors (Lipinski definition) is 0. The Bertz CT molecular complexity index is 470. The van der Waals surface area contributed by atoms with Crippen molar-refractivity contribution in [1.29, 1.82) is 0 Å². The highest BCUT2D eigenvalue weighted by Crippen LogP contribution is 2.33. The fourth-order valence-corrected chi connectivity index (χ4v) is 3.98. The summed E-state index contributed by atoms with van der Waals surface area (Å²) in [5, 5.41) is 4.32. The lowest BCUT2D eigenvalue weighted by Gasteiger charge is -2.30. The molecule has 0 bridgehead atoms. The van der Waals surface area contributed by atoms with Crippen LogP contribution in [-0.2, 0) is 6.54 Å². The average Bonchev–Trinajstić information content (AvgIpc) is 2.64. The van der Waals surface area contributed by atoms with E-state index in [4.69, 9.17) is 0 Å². The molecule has 1 aliphatic heterocycles. The van der Waals surface area contributed by atoms with Gasteiger partial charge >= 0.3 is 6.18 Å². The lowest BCUT2D eigenvalue weighted by Crippen LogP contribution is -2.46. The minimum atomic E-state index is -4.15. The molecule has 1 atom stereocenters. The normalized spacial score (nSPS) is 25.6. The van der Waals surface area contributed by atoms with E-state index in [2.05, 4.69) is 5.10 Å². The van der Waals surface area contributed by atoms with Gasteiger partial charge in [-0.25, -0.2) is 0 Å². The van der Waals surface area contributed by atoms with Gasteiger partial charge in [-0.15, -0.1) is 0 Å². The lowest BCUT2D eigenvalue weighted by atomic mass is 9.93. The fraction of sp³-hybridized carbons (Fsp3) is 0.786. The van der Waals surface area contributed by atoms with Crippen molar-refractivity contribution in [2.75, 3.05) is 18.1 Å². The Morgan fingerprint density at radius 2 is 2.10 bits per heavy atom. The van der Waals surface area contributed by atoms with Crippen molar-refractivity contribution in [2.24, 2.45) is 0 Å². The Morgan fingerprint density at radius 3 is 2.76 bits per heavy atom. The first-order chi connectivity index (χ1) is 10.0. The Morgan fingerprint density at radius 1 is 1.29 bits per heavy atom. The van der Waals surface area contributed by atoms with E-state index < -0.39 is 12.2 Å². The zero-order chi connectivity index (χ0) is 14.9. The second kappa shape index (κ2) is 6.20. The molecule has 1 aliphatic carbocycles. The van der Waals surface area contributed by atoms with E-state index in [9.17, 15) is 13.2 Å². The zero-order valence-electron chi connectivity index (χ0n) is 11.9. The number of nitrogens with zero attached hydrogens (tertiary/aromatic N) is 3. The molecular formula is C14H20F3N3S. The van der Waals surface area contributed by atoms with Crippen LogP contribution in [0.15, 0.2) is 12.4 Å². The first kappa shape index (κ1) is 15.2. The van der Waals surface area contributed by atoms with Crippen molar-refractivity contribution in [3.05, 3.63) is 18.0 Å². The molecule has 1 aromatic rings. The highest BCUT2D eigenvalue weighted by Gasteiger charge is 2.44. The van der Waals surface area contributed by atoms with Crippen molar-refractivity contribution < 1.29 is 13.2 Å². The van der Waals surface area contributed by atoms with Gasteiger partial charge in [0.05, 0.1) is 12.2 Å². The Hall–Kier alpha value is -0.690. The van der Waals surface area contributed by atoms with Gasteiger partial charge in [0.25, 0.3) is 0 Å². The third-order valence-corrected chi connectivity index (χ3v) is 5.45. The molecule has 118 valence electrons.